The molecule has 1 atom stereocenters. The van der Waals surface area contributed by atoms with Gasteiger partial charge in [-0.05, 0) is 25.1 Å². The van der Waals surface area contributed by atoms with Crippen molar-refractivity contribution in [3.8, 4) is 6.07 Å². The average molecular weight is 247 g/mol. The van der Waals surface area contributed by atoms with Gasteiger partial charge in [0.05, 0.1) is 12.1 Å². The second-order valence-corrected chi connectivity index (χ2v) is 3.99. The Morgan fingerprint density at radius 3 is 2.83 bits per heavy atom. The Kier molecular flexibility index (Phi) is 2.98. The van der Waals surface area contributed by atoms with Crippen LogP contribution in [-0.2, 0) is 9.59 Å². The standard InChI is InChI=1S/C12H10FN3O2/c1-7-12(18)15-11(17)6-16(7)9-3-2-8(5-14)10(13)4-9/h2-4,7H,6H2,1H3,(H,15,17,18). The highest BCUT2D eigenvalue weighted by Crippen LogP contribution is 2.21. The average Bonchev–Trinajstić information content (AvgIpc) is 2.33. The first-order chi connectivity index (χ1) is 8.52. The van der Waals surface area contributed by atoms with Gasteiger partial charge in [0.1, 0.15) is 17.9 Å². The lowest BCUT2D eigenvalue weighted by atomic mass is 10.1. The number of rotatable bonds is 1. The highest BCUT2D eigenvalue weighted by Gasteiger charge is 2.30. The molecule has 1 aromatic carbocycles. The Morgan fingerprint density at radius 1 is 1.50 bits per heavy atom. The van der Waals surface area contributed by atoms with E-state index in [0.29, 0.717) is 5.69 Å². The number of halogens is 1. The number of carbonyl (C=O) groups is 2. The summed E-state index contributed by atoms with van der Waals surface area (Å²) in [7, 11) is 0. The fourth-order valence-electron chi connectivity index (χ4n) is 1.80. The fraction of sp³-hybridized carbons (Fsp3) is 0.250. The molecule has 1 N–H and O–H groups in total. The summed E-state index contributed by atoms with van der Waals surface area (Å²) in [5, 5.41) is 10.8. The molecule has 5 nitrogen and oxygen atoms in total. The largest absolute Gasteiger partial charge is 0.350 e. The number of nitrogens with zero attached hydrogens (tertiary/aromatic N) is 2. The van der Waals surface area contributed by atoms with E-state index in [0.717, 1.165) is 6.07 Å². The third-order valence-electron chi connectivity index (χ3n) is 2.83. The summed E-state index contributed by atoms with van der Waals surface area (Å²) in [6.45, 7) is 1.61. The van der Waals surface area contributed by atoms with Gasteiger partial charge in [0.25, 0.3) is 0 Å². The van der Waals surface area contributed by atoms with E-state index >= 15 is 0 Å². The number of carbonyl (C=O) groups excluding carboxylic acids is 2. The van der Waals surface area contributed by atoms with Gasteiger partial charge in [-0.2, -0.15) is 5.26 Å². The quantitative estimate of drug-likeness (QED) is 0.735. The first-order valence-corrected chi connectivity index (χ1v) is 5.33. The lowest BCUT2D eigenvalue weighted by Gasteiger charge is -2.33. The molecular formula is C12H10FN3O2. The van der Waals surface area contributed by atoms with Crippen molar-refractivity contribution in [2.45, 2.75) is 13.0 Å². The maximum absolute atomic E-state index is 13.5. The molecule has 0 spiro atoms. The number of imide groups is 1. The minimum absolute atomic E-state index is 0.0156. The zero-order valence-electron chi connectivity index (χ0n) is 9.61. The van der Waals surface area contributed by atoms with Gasteiger partial charge >= 0.3 is 0 Å². The van der Waals surface area contributed by atoms with Crippen molar-refractivity contribution in [1.29, 1.82) is 5.26 Å². The molecule has 1 fully saturated rings. The molecule has 92 valence electrons. The third kappa shape index (κ3) is 2.02. The summed E-state index contributed by atoms with van der Waals surface area (Å²) in [6.07, 6.45) is 0. The van der Waals surface area contributed by atoms with Crippen LogP contribution in [-0.4, -0.2) is 24.4 Å². The predicted octanol–water partition coefficient (Wildman–Crippen LogP) is 0.549. The fourth-order valence-corrected chi connectivity index (χ4v) is 1.80. The normalized spacial score (nSPS) is 19.4. The second-order valence-electron chi connectivity index (χ2n) is 3.99. The molecular weight excluding hydrogens is 237 g/mol. The van der Waals surface area contributed by atoms with Crippen molar-refractivity contribution in [2.24, 2.45) is 0 Å². The first-order valence-electron chi connectivity index (χ1n) is 5.33. The van der Waals surface area contributed by atoms with Gasteiger partial charge in [0.15, 0.2) is 0 Å². The predicted molar refractivity (Wildman–Crippen MR) is 61.1 cm³/mol. The summed E-state index contributed by atoms with van der Waals surface area (Å²) < 4.78 is 13.5. The number of benzene rings is 1. The Balaban J connectivity index is 2.36. The summed E-state index contributed by atoms with van der Waals surface area (Å²) in [5.41, 5.74) is 0.335. The van der Waals surface area contributed by atoms with Crippen LogP contribution in [0.2, 0.25) is 0 Å². The van der Waals surface area contributed by atoms with Crippen LogP contribution in [0.25, 0.3) is 0 Å². The van der Waals surface area contributed by atoms with Crippen LogP contribution in [0.4, 0.5) is 10.1 Å². The molecule has 1 aliphatic heterocycles. The van der Waals surface area contributed by atoms with Crippen LogP contribution >= 0.6 is 0 Å². The van der Waals surface area contributed by atoms with Gasteiger partial charge in [-0.25, -0.2) is 4.39 Å². The summed E-state index contributed by atoms with van der Waals surface area (Å²) in [4.78, 5) is 24.3. The molecule has 0 bridgehead atoms. The summed E-state index contributed by atoms with van der Waals surface area (Å²) in [5.74, 6) is -1.51. The number of amides is 2. The van der Waals surface area contributed by atoms with Crippen LogP contribution in [0.1, 0.15) is 12.5 Å². The van der Waals surface area contributed by atoms with E-state index in [2.05, 4.69) is 5.32 Å². The molecule has 1 saturated heterocycles. The molecule has 6 heteroatoms. The van der Waals surface area contributed by atoms with E-state index in [1.54, 1.807) is 13.0 Å². The molecule has 0 aliphatic carbocycles. The van der Waals surface area contributed by atoms with Gasteiger partial charge in [-0.3, -0.25) is 14.9 Å². The third-order valence-corrected chi connectivity index (χ3v) is 2.83. The van der Waals surface area contributed by atoms with E-state index in [4.69, 9.17) is 5.26 Å². The second kappa shape index (κ2) is 4.45. The Morgan fingerprint density at radius 2 is 2.22 bits per heavy atom. The highest BCUT2D eigenvalue weighted by atomic mass is 19.1. The van der Waals surface area contributed by atoms with Gasteiger partial charge in [0.2, 0.25) is 11.8 Å². The van der Waals surface area contributed by atoms with Crippen LogP contribution in [0, 0.1) is 17.1 Å². The number of hydrogen-bond donors (Lipinski definition) is 1. The number of piperazine rings is 1. The van der Waals surface area contributed by atoms with Crippen molar-refractivity contribution in [3.63, 3.8) is 0 Å². The van der Waals surface area contributed by atoms with Gasteiger partial charge < -0.3 is 4.90 Å². The van der Waals surface area contributed by atoms with Crippen LogP contribution in [0.5, 0.6) is 0 Å². The van der Waals surface area contributed by atoms with E-state index in [9.17, 15) is 14.0 Å². The van der Waals surface area contributed by atoms with Crippen LogP contribution in [0.15, 0.2) is 18.2 Å². The van der Waals surface area contributed by atoms with E-state index in [1.165, 1.54) is 17.0 Å². The van der Waals surface area contributed by atoms with Crippen molar-refractivity contribution >= 4 is 17.5 Å². The Labute approximate surface area is 103 Å². The minimum atomic E-state index is -0.666. The van der Waals surface area contributed by atoms with Gasteiger partial charge in [0, 0.05) is 5.69 Å². The molecule has 0 saturated carbocycles. The number of nitriles is 1. The smallest absolute Gasteiger partial charge is 0.249 e. The summed E-state index contributed by atoms with van der Waals surface area (Å²) in [6, 6.07) is 5.15. The van der Waals surface area contributed by atoms with Crippen molar-refractivity contribution < 1.29 is 14.0 Å². The number of anilines is 1. The van der Waals surface area contributed by atoms with Crippen LogP contribution < -0.4 is 10.2 Å². The molecule has 2 rings (SSSR count). The maximum atomic E-state index is 13.5. The Bertz CT molecular complexity index is 565. The monoisotopic (exact) mass is 247 g/mol. The zero-order valence-corrected chi connectivity index (χ0v) is 9.61. The summed E-state index contributed by atoms with van der Waals surface area (Å²) >= 11 is 0. The molecule has 0 radical (unpaired) electrons. The molecule has 1 aromatic rings. The molecule has 1 aliphatic rings. The minimum Gasteiger partial charge on any atom is -0.350 e. The van der Waals surface area contributed by atoms with E-state index in [1.807, 2.05) is 0 Å². The van der Waals surface area contributed by atoms with E-state index in [-0.39, 0.29) is 12.1 Å². The van der Waals surface area contributed by atoms with Crippen molar-refractivity contribution in [1.82, 2.24) is 5.32 Å². The van der Waals surface area contributed by atoms with Crippen LogP contribution in [0.3, 0.4) is 0 Å². The molecule has 1 heterocycles. The lowest BCUT2D eigenvalue weighted by molar-refractivity contribution is -0.132. The topological polar surface area (TPSA) is 73.2 Å². The number of nitrogens with one attached hydrogen (secondary N) is 1. The van der Waals surface area contributed by atoms with E-state index < -0.39 is 23.7 Å². The van der Waals surface area contributed by atoms with Crippen molar-refractivity contribution in [3.05, 3.63) is 29.6 Å². The lowest BCUT2D eigenvalue weighted by Crippen LogP contribution is -2.57. The SMILES string of the molecule is CC1C(=O)NC(=O)CN1c1ccc(C#N)c(F)c1. The Hall–Kier alpha value is -2.42. The molecule has 2 amide bonds. The molecule has 1 unspecified atom stereocenters. The highest BCUT2D eigenvalue weighted by molar-refractivity contribution is 6.04. The molecule has 0 aromatic heterocycles. The van der Waals surface area contributed by atoms with Gasteiger partial charge in [-0.15, -0.1) is 0 Å². The zero-order chi connectivity index (χ0) is 13.3. The van der Waals surface area contributed by atoms with Crippen molar-refractivity contribution in [2.75, 3.05) is 11.4 Å². The first kappa shape index (κ1) is 12.0. The molecule has 18 heavy (non-hydrogen) atoms. The van der Waals surface area contributed by atoms with Gasteiger partial charge in [-0.1, -0.05) is 0 Å². The maximum Gasteiger partial charge on any atom is 0.249 e. The number of hydrogen-bond acceptors (Lipinski definition) is 4.